The minimum Gasteiger partial charge on any atom is -0.505 e. The van der Waals surface area contributed by atoms with Crippen molar-refractivity contribution in [1.29, 1.82) is 0 Å². The Bertz CT molecular complexity index is 2520. The molecule has 0 aliphatic carbocycles. The number of nitrogens with two attached hydrogens (primary N) is 1. The molecule has 0 saturated heterocycles. The number of benzene rings is 4. The number of nitrogen functional groups attached to an aromatic ring is 1. The van der Waals surface area contributed by atoms with E-state index in [0.29, 0.717) is 38.9 Å². The van der Waals surface area contributed by atoms with Crippen LogP contribution in [-0.2, 0) is 28.9 Å². The topological polar surface area (TPSA) is 291 Å². The number of hydrogen-bond donors (Lipinski definition) is 6. The largest absolute Gasteiger partial charge is 0.505 e. The lowest BCUT2D eigenvalue weighted by atomic mass is 10.1. The normalized spacial score (nSPS) is 12.2. The van der Waals surface area contributed by atoms with E-state index in [-0.39, 0.29) is 49.6 Å². The fourth-order valence-corrected chi connectivity index (χ4v) is 6.43. The van der Waals surface area contributed by atoms with E-state index >= 15 is 0 Å². The quantitative estimate of drug-likeness (QED) is 0.0173. The Balaban J connectivity index is 1.42. The zero-order valence-corrected chi connectivity index (χ0v) is 27.5. The lowest BCUT2D eigenvalue weighted by molar-refractivity contribution is -0.432. The molecule has 0 saturated carbocycles. The number of aromatic nitrogens is 2. The lowest BCUT2D eigenvalue weighted by Gasteiger charge is -2.11. The maximum Gasteiger partial charge on any atom is 0.354 e. The molecule has 4 aromatic carbocycles. The number of carbonyl (C=O) groups is 1. The smallest absolute Gasteiger partial charge is 0.354 e. The molecule has 0 aliphatic rings. The number of para-hydroxylation sites is 1. The molecule has 0 fully saturated rings. The number of azo groups is 2. The highest BCUT2D eigenvalue weighted by Gasteiger charge is 2.21. The maximum atomic E-state index is 11.8. The van der Waals surface area contributed by atoms with E-state index in [9.17, 15) is 28.0 Å². The van der Waals surface area contributed by atoms with E-state index in [0.717, 1.165) is 24.2 Å². The molecule has 2 heterocycles. The Labute approximate surface area is 292 Å². The third-order valence-corrected chi connectivity index (χ3v) is 9.16. The first kappa shape index (κ1) is 35.4. The van der Waals surface area contributed by atoms with Gasteiger partial charge in [-0.2, -0.15) is 8.42 Å². The third kappa shape index (κ3) is 7.54. The molecular weight excluding hydrogens is 735 g/mol. The molecular formula is C29H19N7O12S3. The summed E-state index contributed by atoms with van der Waals surface area (Å²) in [6.45, 7) is 0. The van der Waals surface area contributed by atoms with Crippen LogP contribution in [0.2, 0.25) is 0 Å². The van der Waals surface area contributed by atoms with Crippen LogP contribution in [0.5, 0.6) is 5.75 Å². The summed E-state index contributed by atoms with van der Waals surface area (Å²) in [6.07, 6.45) is 1.45. The molecule has 260 valence electrons. The van der Waals surface area contributed by atoms with Gasteiger partial charge >= 0.3 is 5.97 Å². The summed E-state index contributed by atoms with van der Waals surface area (Å²) in [5.74, 6) is -1.87. The van der Waals surface area contributed by atoms with Gasteiger partial charge in [-0.25, -0.2) is 20.3 Å². The number of phenols is 1. The summed E-state index contributed by atoms with van der Waals surface area (Å²) in [5.41, 5.74) is 6.14. The van der Waals surface area contributed by atoms with Crippen molar-refractivity contribution >= 4 is 101 Å². The van der Waals surface area contributed by atoms with Crippen LogP contribution in [-0.4, -0.2) is 49.6 Å². The Morgan fingerprint density at radius 1 is 0.804 bits per heavy atom. The highest BCUT2D eigenvalue weighted by molar-refractivity contribution is 7.95. The van der Waals surface area contributed by atoms with Crippen LogP contribution in [0.4, 0.5) is 28.4 Å². The first-order valence-electron chi connectivity index (χ1n) is 13.7. The molecule has 0 atom stereocenters. The number of nitrogens with zero attached hydrogens (tertiary/aromatic N) is 6. The van der Waals surface area contributed by atoms with Crippen molar-refractivity contribution in [2.45, 2.75) is 14.7 Å². The van der Waals surface area contributed by atoms with Crippen molar-refractivity contribution in [3.8, 4) is 5.75 Å². The molecule has 0 aliphatic heterocycles. The first-order chi connectivity index (χ1) is 24.5. The van der Waals surface area contributed by atoms with E-state index in [1.807, 2.05) is 0 Å². The molecule has 7 N–H and O–H groups in total. The van der Waals surface area contributed by atoms with E-state index in [1.54, 1.807) is 24.3 Å². The van der Waals surface area contributed by atoms with Crippen LogP contribution >= 0.6 is 24.1 Å². The van der Waals surface area contributed by atoms with E-state index < -0.39 is 26.7 Å². The van der Waals surface area contributed by atoms with E-state index in [4.69, 9.17) is 16.2 Å². The molecule has 0 radical (unpaired) electrons. The number of aromatic carboxylic acids is 1. The average Bonchev–Trinajstić information content (AvgIpc) is 3.11. The minimum absolute atomic E-state index is 0.0145. The SMILES string of the molecule is Nc1cc2c(O)c(/N=N/c3ccc(/N=N/c4cnc5c(SOOO)cccc5c4)c4ccc(C(=O)O)nc34)c(SOOO)cc2cc1S(=O)(=O)O. The van der Waals surface area contributed by atoms with Crippen LogP contribution in [0.1, 0.15) is 10.5 Å². The molecule has 0 bridgehead atoms. The van der Waals surface area contributed by atoms with Gasteiger partial charge < -0.3 is 15.9 Å². The molecule has 6 rings (SSSR count). The number of anilines is 1. The number of pyridine rings is 2. The highest BCUT2D eigenvalue weighted by atomic mass is 32.2. The van der Waals surface area contributed by atoms with Gasteiger partial charge in [0, 0.05) is 16.2 Å². The van der Waals surface area contributed by atoms with Crippen molar-refractivity contribution in [3.05, 3.63) is 78.6 Å². The molecule has 0 spiro atoms. The van der Waals surface area contributed by atoms with Crippen molar-refractivity contribution in [1.82, 2.24) is 9.97 Å². The Morgan fingerprint density at radius 2 is 1.53 bits per heavy atom. The number of carboxylic acid groups (broad SMARTS) is 1. The van der Waals surface area contributed by atoms with Crippen LogP contribution in [0, 0.1) is 0 Å². The van der Waals surface area contributed by atoms with Crippen molar-refractivity contribution in [3.63, 3.8) is 0 Å². The van der Waals surface area contributed by atoms with Crippen LogP contribution < -0.4 is 5.73 Å². The number of fused-ring (bicyclic) bond motifs is 3. The zero-order chi connectivity index (χ0) is 36.3. The van der Waals surface area contributed by atoms with Crippen molar-refractivity contribution in [2.24, 2.45) is 20.5 Å². The number of aromatic hydroxyl groups is 1. The number of phenolic OH excluding ortho intramolecular Hbond substituents is 1. The highest BCUT2D eigenvalue weighted by Crippen LogP contribution is 2.46. The van der Waals surface area contributed by atoms with Gasteiger partial charge in [0.25, 0.3) is 10.1 Å². The second kappa shape index (κ2) is 14.8. The van der Waals surface area contributed by atoms with Gasteiger partial charge in [-0.3, -0.25) is 9.54 Å². The monoisotopic (exact) mass is 753 g/mol. The van der Waals surface area contributed by atoms with Gasteiger partial charge in [-0.15, -0.1) is 29.1 Å². The van der Waals surface area contributed by atoms with Crippen LogP contribution in [0.3, 0.4) is 0 Å². The van der Waals surface area contributed by atoms with Crippen LogP contribution in [0.15, 0.2) is 108 Å². The fraction of sp³-hybridized carbons (Fsp3) is 0. The van der Waals surface area contributed by atoms with E-state index in [1.165, 1.54) is 36.5 Å². The summed E-state index contributed by atoms with van der Waals surface area (Å²) < 4.78 is 42.1. The summed E-state index contributed by atoms with van der Waals surface area (Å²) in [6, 6.07) is 16.0. The second-order valence-corrected chi connectivity index (χ2v) is 12.9. The molecule has 6 aromatic rings. The van der Waals surface area contributed by atoms with Gasteiger partial charge in [-0.05, 0) is 60.0 Å². The molecule has 51 heavy (non-hydrogen) atoms. The third-order valence-electron chi connectivity index (χ3n) is 6.99. The van der Waals surface area contributed by atoms with Crippen molar-refractivity contribution in [2.75, 3.05) is 5.73 Å². The average molecular weight is 754 g/mol. The molecule has 0 amide bonds. The number of rotatable bonds is 12. The van der Waals surface area contributed by atoms with Gasteiger partial charge in [-0.1, -0.05) is 22.2 Å². The zero-order valence-electron chi connectivity index (χ0n) is 25.0. The van der Waals surface area contributed by atoms with Crippen molar-refractivity contribution < 1.29 is 57.2 Å². The van der Waals surface area contributed by atoms with Gasteiger partial charge in [0.2, 0.25) is 0 Å². The van der Waals surface area contributed by atoms with Gasteiger partial charge in [0.1, 0.15) is 33.2 Å². The first-order valence-corrected chi connectivity index (χ1v) is 16.7. The predicted octanol–water partition coefficient (Wildman–Crippen LogP) is 7.86. The Morgan fingerprint density at radius 3 is 2.25 bits per heavy atom. The summed E-state index contributed by atoms with van der Waals surface area (Å²) in [7, 11) is -4.72. The van der Waals surface area contributed by atoms with Crippen LogP contribution in [0.25, 0.3) is 32.6 Å². The van der Waals surface area contributed by atoms with Gasteiger partial charge in [0.15, 0.2) is 5.75 Å². The summed E-state index contributed by atoms with van der Waals surface area (Å²) >= 11 is 1.13. The fourth-order valence-electron chi connectivity index (χ4n) is 4.81. The van der Waals surface area contributed by atoms with Gasteiger partial charge in [0.05, 0.1) is 57.0 Å². The lowest BCUT2D eigenvalue weighted by Crippen LogP contribution is -2.03. The second-order valence-electron chi connectivity index (χ2n) is 10.0. The Kier molecular flexibility index (Phi) is 10.3. The van der Waals surface area contributed by atoms with E-state index in [2.05, 4.69) is 49.2 Å². The minimum atomic E-state index is -4.72. The maximum absolute atomic E-state index is 11.8. The Hall–Kier alpha value is -5.40. The number of hydrogen-bond acceptors (Lipinski definition) is 19. The molecule has 0 unspecified atom stereocenters. The molecule has 2 aromatic heterocycles. The summed E-state index contributed by atoms with van der Waals surface area (Å²) in [4.78, 5) is 20.3. The standard InChI is InChI=1S/C29H19N7O12S3/c30-18-11-17-14(10-24(18)51(42,43)44)9-23(50-48-46-41)27(28(17)37)36-35-20-7-6-19(16-4-5-21(29(38)39)32-26(16)20)34-33-15-8-13-2-1-3-22(49-47-45-40)25(13)31-12-15/h1-12,37,40-41H,30H2,(H,38,39)(H,42,43,44)/b34-33+,36-35+. The molecule has 19 nitrogen and oxygen atoms in total. The summed E-state index contributed by atoms with van der Waals surface area (Å²) in [5, 5.41) is 63.3. The predicted molar refractivity (Wildman–Crippen MR) is 180 cm³/mol. The molecule has 22 heteroatoms. The number of carboxylic acids is 1.